The molecule has 1 rings (SSSR count). The maximum Gasteiger partial charge on any atom is 0.306 e. The van der Waals surface area contributed by atoms with E-state index in [1.165, 1.54) is 5.57 Å². The molecule has 0 fully saturated rings. The first-order valence-corrected chi connectivity index (χ1v) is 10.9. The fourth-order valence-corrected chi connectivity index (χ4v) is 3.74. The molecule has 0 spiro atoms. The van der Waals surface area contributed by atoms with Gasteiger partial charge in [0.25, 0.3) is 0 Å². The minimum Gasteiger partial charge on any atom is -0.462 e. The number of cyclic esters (lactones) is 1. The highest BCUT2D eigenvalue weighted by molar-refractivity contribution is 5.69. The van der Waals surface area contributed by atoms with Crippen LogP contribution < -0.4 is 0 Å². The van der Waals surface area contributed by atoms with Crippen LogP contribution in [0.3, 0.4) is 0 Å². The summed E-state index contributed by atoms with van der Waals surface area (Å²) in [5, 5.41) is 19.6. The summed E-state index contributed by atoms with van der Waals surface area (Å²) in [6, 6.07) is 0. The molecule has 1 aliphatic heterocycles. The standard InChI is InChI=1S/C24H41O4/c1-17-10-6-8-12-23(28-24(27)13-9-7-11-17)20(4)15-18(2)14-19(3)22(26)16-21(5)25/h6,8,11,14,17,19-23,25-26H,7,9-10,12-13,15-16H2,1-5H3/b8-6+,18-14+/t17?,19-,20+,21-,22-,23?/m1/s1. The number of ether oxygens (including phenoxy) is 1. The molecular formula is C24H41O4. The third-order valence-electron chi connectivity index (χ3n) is 5.50. The van der Waals surface area contributed by atoms with Crippen LogP contribution in [0.25, 0.3) is 0 Å². The van der Waals surface area contributed by atoms with Gasteiger partial charge in [-0.1, -0.05) is 44.6 Å². The first kappa shape index (κ1) is 24.9. The summed E-state index contributed by atoms with van der Waals surface area (Å²) in [6.45, 7) is 10.1. The van der Waals surface area contributed by atoms with Gasteiger partial charge in [0.15, 0.2) is 0 Å². The van der Waals surface area contributed by atoms with Crippen LogP contribution in [0.5, 0.6) is 0 Å². The minimum atomic E-state index is -0.550. The van der Waals surface area contributed by atoms with Crippen molar-refractivity contribution >= 4 is 5.97 Å². The zero-order valence-electron chi connectivity index (χ0n) is 18.4. The van der Waals surface area contributed by atoms with Crippen molar-refractivity contribution in [3.05, 3.63) is 30.2 Å². The lowest BCUT2D eigenvalue weighted by Crippen LogP contribution is -2.26. The molecule has 0 aromatic rings. The Labute approximate surface area is 172 Å². The molecule has 0 aromatic heterocycles. The van der Waals surface area contributed by atoms with E-state index in [9.17, 15) is 15.0 Å². The van der Waals surface area contributed by atoms with Crippen LogP contribution >= 0.6 is 0 Å². The first-order chi connectivity index (χ1) is 13.2. The molecule has 0 amide bonds. The average molecular weight is 394 g/mol. The van der Waals surface area contributed by atoms with Crippen LogP contribution in [0.15, 0.2) is 23.8 Å². The molecule has 161 valence electrons. The highest BCUT2D eigenvalue weighted by Crippen LogP contribution is 2.24. The van der Waals surface area contributed by atoms with Gasteiger partial charge in [0.1, 0.15) is 6.10 Å². The molecule has 6 atom stereocenters. The topological polar surface area (TPSA) is 66.8 Å². The van der Waals surface area contributed by atoms with Gasteiger partial charge in [-0.05, 0) is 64.2 Å². The maximum atomic E-state index is 12.2. The molecule has 2 N–H and O–H groups in total. The zero-order chi connectivity index (χ0) is 21.1. The summed E-state index contributed by atoms with van der Waals surface area (Å²) in [6.07, 6.45) is 12.8. The molecule has 1 aliphatic rings. The highest BCUT2D eigenvalue weighted by Gasteiger charge is 2.22. The smallest absolute Gasteiger partial charge is 0.306 e. The van der Waals surface area contributed by atoms with Gasteiger partial charge in [-0.3, -0.25) is 4.79 Å². The monoisotopic (exact) mass is 393 g/mol. The number of hydrogen-bond donors (Lipinski definition) is 2. The first-order valence-electron chi connectivity index (χ1n) is 10.9. The van der Waals surface area contributed by atoms with Gasteiger partial charge < -0.3 is 14.9 Å². The molecular weight excluding hydrogens is 352 g/mol. The quantitative estimate of drug-likeness (QED) is 0.472. The summed E-state index contributed by atoms with van der Waals surface area (Å²) >= 11 is 0. The Balaban J connectivity index is 2.70. The average Bonchev–Trinajstić information content (AvgIpc) is 2.59. The molecule has 0 saturated carbocycles. The minimum absolute atomic E-state index is 0.0155. The zero-order valence-corrected chi connectivity index (χ0v) is 18.4. The van der Waals surface area contributed by atoms with E-state index in [0.717, 1.165) is 32.1 Å². The Morgan fingerprint density at radius 1 is 1.25 bits per heavy atom. The molecule has 0 bridgehead atoms. The molecule has 1 heterocycles. The van der Waals surface area contributed by atoms with Crippen LogP contribution in [-0.2, 0) is 9.53 Å². The predicted octanol–water partition coefficient (Wildman–Crippen LogP) is 5.00. The van der Waals surface area contributed by atoms with E-state index in [2.05, 4.69) is 45.4 Å². The van der Waals surface area contributed by atoms with Gasteiger partial charge in [-0.15, -0.1) is 0 Å². The maximum absolute atomic E-state index is 12.2. The fourth-order valence-electron chi connectivity index (χ4n) is 3.74. The van der Waals surface area contributed by atoms with E-state index in [1.54, 1.807) is 6.92 Å². The number of carbonyl (C=O) groups excluding carboxylic acids is 1. The molecule has 2 unspecified atom stereocenters. The molecule has 4 nitrogen and oxygen atoms in total. The molecule has 28 heavy (non-hydrogen) atoms. The van der Waals surface area contributed by atoms with Gasteiger partial charge in [0, 0.05) is 18.8 Å². The Morgan fingerprint density at radius 2 is 1.93 bits per heavy atom. The largest absolute Gasteiger partial charge is 0.462 e. The number of esters is 1. The second-order valence-electron chi connectivity index (χ2n) is 8.78. The highest BCUT2D eigenvalue weighted by atomic mass is 16.5. The summed E-state index contributed by atoms with van der Waals surface area (Å²) in [4.78, 5) is 12.2. The predicted molar refractivity (Wildman–Crippen MR) is 115 cm³/mol. The van der Waals surface area contributed by atoms with Gasteiger partial charge >= 0.3 is 5.97 Å². The summed E-state index contributed by atoms with van der Waals surface area (Å²) < 4.78 is 5.80. The number of allylic oxidation sites excluding steroid dienone is 2. The Hall–Kier alpha value is -1.13. The second-order valence-corrected chi connectivity index (χ2v) is 8.78. The van der Waals surface area contributed by atoms with E-state index in [1.807, 2.05) is 6.92 Å². The molecule has 0 aliphatic carbocycles. The van der Waals surface area contributed by atoms with Crippen LogP contribution in [0.2, 0.25) is 0 Å². The summed E-state index contributed by atoms with van der Waals surface area (Å²) in [5.74, 6) is 0.632. The van der Waals surface area contributed by atoms with Crippen molar-refractivity contribution in [2.75, 3.05) is 0 Å². The van der Waals surface area contributed by atoms with Crippen molar-refractivity contribution in [2.45, 2.75) is 97.9 Å². The molecule has 4 heteroatoms. The number of hydrogen-bond acceptors (Lipinski definition) is 4. The lowest BCUT2D eigenvalue weighted by Gasteiger charge is -2.25. The molecule has 0 saturated heterocycles. The van der Waals surface area contributed by atoms with Crippen molar-refractivity contribution in [3.63, 3.8) is 0 Å². The van der Waals surface area contributed by atoms with Gasteiger partial charge in [0.05, 0.1) is 12.2 Å². The Morgan fingerprint density at radius 3 is 2.61 bits per heavy atom. The second kappa shape index (κ2) is 13.2. The van der Waals surface area contributed by atoms with Gasteiger partial charge in [0.2, 0.25) is 0 Å². The third-order valence-corrected chi connectivity index (χ3v) is 5.50. The van der Waals surface area contributed by atoms with E-state index >= 15 is 0 Å². The normalized spacial score (nSPS) is 28.2. The third kappa shape index (κ3) is 10.4. The molecule has 0 aromatic carbocycles. The SMILES string of the molecule is C/C(=C\[C@@H](C)[C@H](O)C[C@@H](C)O)C[C@H](C)C1C/C=C/CC(C)[CH]CCCC(=O)O1. The van der Waals surface area contributed by atoms with Gasteiger partial charge in [-0.25, -0.2) is 0 Å². The number of carbonyl (C=O) groups is 1. The van der Waals surface area contributed by atoms with Crippen LogP contribution in [-0.4, -0.2) is 34.5 Å². The number of rotatable bonds is 7. The van der Waals surface area contributed by atoms with E-state index < -0.39 is 12.2 Å². The van der Waals surface area contributed by atoms with E-state index in [-0.39, 0.29) is 23.9 Å². The van der Waals surface area contributed by atoms with Crippen molar-refractivity contribution < 1.29 is 19.7 Å². The van der Waals surface area contributed by atoms with Crippen LogP contribution in [0.1, 0.15) is 79.6 Å². The van der Waals surface area contributed by atoms with Crippen molar-refractivity contribution in [1.29, 1.82) is 0 Å². The molecule has 1 radical (unpaired) electrons. The number of aliphatic hydroxyl groups excluding tert-OH is 2. The van der Waals surface area contributed by atoms with Crippen molar-refractivity contribution in [1.82, 2.24) is 0 Å². The Kier molecular flexibility index (Phi) is 11.7. The van der Waals surface area contributed by atoms with Crippen LogP contribution in [0, 0.1) is 24.2 Å². The lowest BCUT2D eigenvalue weighted by atomic mass is 9.90. The lowest BCUT2D eigenvalue weighted by molar-refractivity contribution is -0.151. The van der Waals surface area contributed by atoms with Crippen molar-refractivity contribution in [3.8, 4) is 0 Å². The fraction of sp³-hybridized carbons (Fsp3) is 0.750. The van der Waals surface area contributed by atoms with E-state index in [0.29, 0.717) is 18.8 Å². The van der Waals surface area contributed by atoms with Crippen molar-refractivity contribution in [2.24, 2.45) is 17.8 Å². The van der Waals surface area contributed by atoms with Crippen LogP contribution in [0.4, 0.5) is 0 Å². The Bertz CT molecular complexity index is 509. The van der Waals surface area contributed by atoms with Gasteiger partial charge in [-0.2, -0.15) is 0 Å². The summed E-state index contributed by atoms with van der Waals surface area (Å²) in [5.41, 5.74) is 1.18. The number of aliphatic hydroxyl groups is 2. The van der Waals surface area contributed by atoms with E-state index in [4.69, 9.17) is 4.74 Å². The summed E-state index contributed by atoms with van der Waals surface area (Å²) in [7, 11) is 0.